The Kier molecular flexibility index (Phi) is 8.22. The van der Waals surface area contributed by atoms with Crippen LogP contribution in [0.3, 0.4) is 0 Å². The van der Waals surface area contributed by atoms with E-state index in [1.807, 2.05) is 61.2 Å². The maximum absolute atomic E-state index is 6.14. The highest BCUT2D eigenvalue weighted by molar-refractivity contribution is 7.98. The van der Waals surface area contributed by atoms with Crippen LogP contribution in [0.5, 0.6) is 5.75 Å². The predicted molar refractivity (Wildman–Crippen MR) is 109 cm³/mol. The van der Waals surface area contributed by atoms with Crippen LogP contribution in [-0.2, 0) is 5.75 Å². The standard InChI is InChI=1S/C18H21ClN2OS2/c1-2-22-16-8-5-7-15(12-16)21-18(23)20-10-11-24-13-14-6-3-4-9-17(14)19/h3-9,12H,2,10-11,13H2,1H3,(H2,20,21,23). The molecule has 0 amide bonds. The van der Waals surface area contributed by atoms with Crippen LogP contribution in [0, 0.1) is 0 Å². The first kappa shape index (κ1) is 18.9. The van der Waals surface area contributed by atoms with E-state index in [0.29, 0.717) is 11.7 Å². The quantitative estimate of drug-likeness (QED) is 0.499. The first-order chi connectivity index (χ1) is 11.7. The molecular weight excluding hydrogens is 360 g/mol. The molecule has 6 heteroatoms. The van der Waals surface area contributed by atoms with Gasteiger partial charge >= 0.3 is 0 Å². The van der Waals surface area contributed by atoms with E-state index in [0.717, 1.165) is 40.1 Å². The highest BCUT2D eigenvalue weighted by Crippen LogP contribution is 2.20. The molecule has 0 radical (unpaired) electrons. The fourth-order valence-corrected chi connectivity index (χ4v) is 3.40. The Balaban J connectivity index is 1.66. The van der Waals surface area contributed by atoms with Gasteiger partial charge in [0.1, 0.15) is 5.75 Å². The maximum atomic E-state index is 6.14. The van der Waals surface area contributed by atoms with Crippen LogP contribution in [0.4, 0.5) is 5.69 Å². The van der Waals surface area contributed by atoms with Crippen LogP contribution >= 0.6 is 35.6 Å². The Morgan fingerprint density at radius 1 is 1.21 bits per heavy atom. The van der Waals surface area contributed by atoms with Crippen molar-refractivity contribution in [1.29, 1.82) is 0 Å². The molecule has 128 valence electrons. The SMILES string of the molecule is CCOc1cccc(NC(=S)NCCSCc2ccccc2Cl)c1. The minimum atomic E-state index is 0.613. The van der Waals surface area contributed by atoms with Crippen LogP contribution in [0.25, 0.3) is 0 Å². The van der Waals surface area contributed by atoms with Crippen molar-refractivity contribution in [1.82, 2.24) is 5.32 Å². The second-order valence-corrected chi connectivity index (χ2v) is 6.91. The molecule has 0 bridgehead atoms. The van der Waals surface area contributed by atoms with Gasteiger partial charge in [-0.1, -0.05) is 35.9 Å². The normalized spacial score (nSPS) is 10.2. The summed E-state index contributed by atoms with van der Waals surface area (Å²) in [5.41, 5.74) is 2.08. The number of hydrogen-bond acceptors (Lipinski definition) is 3. The second kappa shape index (κ2) is 10.4. The summed E-state index contributed by atoms with van der Waals surface area (Å²) >= 11 is 13.3. The van der Waals surface area contributed by atoms with Crippen LogP contribution < -0.4 is 15.4 Å². The smallest absolute Gasteiger partial charge is 0.170 e. The third-order valence-electron chi connectivity index (χ3n) is 3.15. The van der Waals surface area contributed by atoms with Crippen molar-refractivity contribution in [3.8, 4) is 5.75 Å². The van der Waals surface area contributed by atoms with Gasteiger partial charge in [0.05, 0.1) is 6.61 Å². The molecule has 2 N–H and O–H groups in total. The molecule has 0 fully saturated rings. The summed E-state index contributed by atoms with van der Waals surface area (Å²) < 4.78 is 5.48. The summed E-state index contributed by atoms with van der Waals surface area (Å²) in [6.07, 6.45) is 0. The summed E-state index contributed by atoms with van der Waals surface area (Å²) in [4.78, 5) is 0. The van der Waals surface area contributed by atoms with Gasteiger partial charge in [0.25, 0.3) is 0 Å². The number of anilines is 1. The Hall–Kier alpha value is -1.43. The maximum Gasteiger partial charge on any atom is 0.170 e. The molecule has 0 aromatic heterocycles. The van der Waals surface area contributed by atoms with Crippen molar-refractivity contribution in [2.45, 2.75) is 12.7 Å². The Bertz CT molecular complexity index is 667. The number of halogens is 1. The van der Waals surface area contributed by atoms with Crippen LogP contribution in [0.2, 0.25) is 5.02 Å². The van der Waals surface area contributed by atoms with Crippen LogP contribution in [-0.4, -0.2) is 24.0 Å². The molecule has 0 heterocycles. The van der Waals surface area contributed by atoms with Gasteiger partial charge in [-0.3, -0.25) is 0 Å². The fraction of sp³-hybridized carbons (Fsp3) is 0.278. The monoisotopic (exact) mass is 380 g/mol. The highest BCUT2D eigenvalue weighted by Gasteiger charge is 2.01. The molecule has 0 unspecified atom stereocenters. The van der Waals surface area contributed by atoms with E-state index in [1.165, 1.54) is 0 Å². The van der Waals surface area contributed by atoms with E-state index in [1.54, 1.807) is 0 Å². The summed E-state index contributed by atoms with van der Waals surface area (Å²) in [5.74, 6) is 2.69. The lowest BCUT2D eigenvalue weighted by Gasteiger charge is -2.11. The van der Waals surface area contributed by atoms with Gasteiger partial charge in [0.15, 0.2) is 5.11 Å². The average molecular weight is 381 g/mol. The van der Waals surface area contributed by atoms with Gasteiger partial charge in [-0.15, -0.1) is 0 Å². The molecule has 0 spiro atoms. The number of thioether (sulfide) groups is 1. The second-order valence-electron chi connectivity index (χ2n) is 4.99. The lowest BCUT2D eigenvalue weighted by atomic mass is 10.2. The molecule has 0 aliphatic carbocycles. The summed E-state index contributed by atoms with van der Waals surface area (Å²) in [6.45, 7) is 3.41. The van der Waals surface area contributed by atoms with Gasteiger partial charge < -0.3 is 15.4 Å². The molecule has 0 aliphatic rings. The van der Waals surface area contributed by atoms with Crippen molar-refractivity contribution in [3.63, 3.8) is 0 Å². The zero-order valence-electron chi connectivity index (χ0n) is 13.5. The number of nitrogens with one attached hydrogen (secondary N) is 2. The van der Waals surface area contributed by atoms with E-state index < -0.39 is 0 Å². The summed E-state index contributed by atoms with van der Waals surface area (Å²) in [6, 6.07) is 15.7. The molecule has 3 nitrogen and oxygen atoms in total. The van der Waals surface area contributed by atoms with E-state index in [2.05, 4.69) is 16.7 Å². The Morgan fingerprint density at radius 2 is 2.04 bits per heavy atom. The first-order valence-electron chi connectivity index (χ1n) is 7.78. The molecule has 0 aliphatic heterocycles. The van der Waals surface area contributed by atoms with Crippen molar-refractivity contribution < 1.29 is 4.74 Å². The Morgan fingerprint density at radius 3 is 2.83 bits per heavy atom. The van der Waals surface area contributed by atoms with Crippen LogP contribution in [0.15, 0.2) is 48.5 Å². The van der Waals surface area contributed by atoms with Gasteiger partial charge in [0, 0.05) is 34.8 Å². The zero-order valence-corrected chi connectivity index (χ0v) is 15.9. The lowest BCUT2D eigenvalue weighted by Crippen LogP contribution is -2.30. The van der Waals surface area contributed by atoms with Gasteiger partial charge in [-0.2, -0.15) is 11.8 Å². The third-order valence-corrected chi connectivity index (χ3v) is 4.77. The van der Waals surface area contributed by atoms with Gasteiger partial charge in [-0.25, -0.2) is 0 Å². The van der Waals surface area contributed by atoms with Crippen molar-refractivity contribution in [2.75, 3.05) is 24.2 Å². The molecule has 24 heavy (non-hydrogen) atoms. The van der Waals surface area contributed by atoms with Crippen molar-refractivity contribution in [2.24, 2.45) is 0 Å². The van der Waals surface area contributed by atoms with Gasteiger partial charge in [-0.05, 0) is 42.9 Å². The molecule has 2 aromatic carbocycles. The van der Waals surface area contributed by atoms with E-state index >= 15 is 0 Å². The summed E-state index contributed by atoms with van der Waals surface area (Å²) in [5, 5.41) is 7.81. The predicted octanol–water partition coefficient (Wildman–Crippen LogP) is 4.96. The first-order valence-corrected chi connectivity index (χ1v) is 9.72. The van der Waals surface area contributed by atoms with E-state index in [9.17, 15) is 0 Å². The number of thiocarbonyl (C=S) groups is 1. The topological polar surface area (TPSA) is 33.3 Å². The number of ether oxygens (including phenoxy) is 1. The minimum absolute atomic E-state index is 0.613. The summed E-state index contributed by atoms with van der Waals surface area (Å²) in [7, 11) is 0. The zero-order chi connectivity index (χ0) is 17.2. The Labute approximate surface area is 158 Å². The van der Waals surface area contributed by atoms with Crippen LogP contribution in [0.1, 0.15) is 12.5 Å². The molecule has 2 rings (SSSR count). The average Bonchev–Trinajstić information content (AvgIpc) is 2.57. The highest BCUT2D eigenvalue weighted by atomic mass is 35.5. The molecular formula is C18H21ClN2OS2. The van der Waals surface area contributed by atoms with E-state index in [-0.39, 0.29) is 0 Å². The third kappa shape index (κ3) is 6.59. The lowest BCUT2D eigenvalue weighted by molar-refractivity contribution is 0.340. The molecule has 0 saturated heterocycles. The fourth-order valence-electron chi connectivity index (χ4n) is 2.04. The van der Waals surface area contributed by atoms with E-state index in [4.69, 9.17) is 28.6 Å². The molecule has 0 saturated carbocycles. The number of rotatable bonds is 8. The van der Waals surface area contributed by atoms with Gasteiger partial charge in [0.2, 0.25) is 0 Å². The minimum Gasteiger partial charge on any atom is -0.494 e. The van der Waals surface area contributed by atoms with Crippen molar-refractivity contribution in [3.05, 3.63) is 59.1 Å². The van der Waals surface area contributed by atoms with Crippen molar-refractivity contribution >= 4 is 46.4 Å². The molecule has 0 atom stereocenters. The molecule has 2 aromatic rings. The number of benzene rings is 2. The largest absolute Gasteiger partial charge is 0.494 e. The number of hydrogen-bond donors (Lipinski definition) is 2.